The topological polar surface area (TPSA) is 48.0 Å². The highest BCUT2D eigenvalue weighted by Crippen LogP contribution is 2.31. The predicted octanol–water partition coefficient (Wildman–Crippen LogP) is 1.34. The normalized spacial score (nSPS) is 16.7. The lowest BCUT2D eigenvalue weighted by Gasteiger charge is -2.29. The number of nitrogens with zero attached hydrogens (tertiary/aromatic N) is 1. The van der Waals surface area contributed by atoms with Gasteiger partial charge < -0.3 is 10.3 Å². The third kappa shape index (κ3) is 1.38. The number of aromatic nitrogens is 1. The van der Waals surface area contributed by atoms with Gasteiger partial charge in [0.1, 0.15) is 0 Å². The van der Waals surface area contributed by atoms with Gasteiger partial charge >= 0.3 is 0 Å². The van der Waals surface area contributed by atoms with E-state index in [0.717, 1.165) is 24.1 Å². The molecule has 3 nitrogen and oxygen atoms in total. The van der Waals surface area contributed by atoms with Crippen LogP contribution < -0.4 is 11.3 Å². The van der Waals surface area contributed by atoms with Gasteiger partial charge in [-0.1, -0.05) is 6.07 Å². The molecule has 1 aliphatic carbocycles. The van der Waals surface area contributed by atoms with Gasteiger partial charge in [0.2, 0.25) is 0 Å². The fourth-order valence-electron chi connectivity index (χ4n) is 1.94. The number of aryl methyl sites for hydroxylation is 1. The maximum atomic E-state index is 11.9. The number of hydrogen-bond acceptors (Lipinski definition) is 2. The zero-order valence-electron chi connectivity index (χ0n) is 8.49. The first-order chi connectivity index (χ1) is 6.74. The van der Waals surface area contributed by atoms with Gasteiger partial charge in [0.15, 0.2) is 0 Å². The zero-order valence-corrected chi connectivity index (χ0v) is 8.49. The largest absolute Gasteiger partial charge is 0.326 e. The fourth-order valence-corrected chi connectivity index (χ4v) is 1.94. The second-order valence-electron chi connectivity index (χ2n) is 3.96. The Balaban J connectivity index is 2.50. The van der Waals surface area contributed by atoms with Crippen LogP contribution in [0.2, 0.25) is 0 Å². The van der Waals surface area contributed by atoms with Gasteiger partial charge in [0.05, 0.1) is 0 Å². The summed E-state index contributed by atoms with van der Waals surface area (Å²) in [7, 11) is 0. The summed E-state index contributed by atoms with van der Waals surface area (Å²) in [5, 5.41) is 0. The smallest absolute Gasteiger partial charge is 0.255 e. The minimum atomic E-state index is 0.109. The van der Waals surface area contributed by atoms with Crippen LogP contribution in [-0.2, 0) is 6.54 Å². The Morgan fingerprint density at radius 1 is 1.50 bits per heavy atom. The van der Waals surface area contributed by atoms with Gasteiger partial charge in [-0.2, -0.15) is 0 Å². The van der Waals surface area contributed by atoms with Crippen LogP contribution in [0.25, 0.3) is 0 Å². The van der Waals surface area contributed by atoms with Gasteiger partial charge in [-0.15, -0.1) is 0 Å². The van der Waals surface area contributed by atoms with Crippen LogP contribution in [-0.4, -0.2) is 4.57 Å². The van der Waals surface area contributed by atoms with E-state index < -0.39 is 0 Å². The lowest BCUT2D eigenvalue weighted by molar-refractivity contribution is 0.301. The van der Waals surface area contributed by atoms with Crippen molar-refractivity contribution in [3.05, 3.63) is 33.7 Å². The van der Waals surface area contributed by atoms with E-state index in [1.54, 1.807) is 0 Å². The maximum Gasteiger partial charge on any atom is 0.255 e. The SMILES string of the molecule is Cc1ccc(CN)c(=O)n1C1CCC1. The Labute approximate surface area is 83.5 Å². The monoisotopic (exact) mass is 192 g/mol. The summed E-state index contributed by atoms with van der Waals surface area (Å²) in [5.74, 6) is 0. The summed E-state index contributed by atoms with van der Waals surface area (Å²) in [6.45, 7) is 2.33. The van der Waals surface area contributed by atoms with E-state index in [1.165, 1.54) is 6.42 Å². The molecule has 0 amide bonds. The molecule has 0 spiro atoms. The van der Waals surface area contributed by atoms with Crippen molar-refractivity contribution >= 4 is 0 Å². The minimum Gasteiger partial charge on any atom is -0.326 e. The molecule has 0 saturated heterocycles. The van der Waals surface area contributed by atoms with Crippen molar-refractivity contribution in [2.45, 2.75) is 38.8 Å². The molecule has 2 rings (SSSR count). The molecule has 1 aromatic heterocycles. The predicted molar refractivity (Wildman–Crippen MR) is 56.2 cm³/mol. The van der Waals surface area contributed by atoms with E-state index in [0.29, 0.717) is 12.6 Å². The Morgan fingerprint density at radius 2 is 2.21 bits per heavy atom. The number of pyridine rings is 1. The number of rotatable bonds is 2. The van der Waals surface area contributed by atoms with Crippen molar-refractivity contribution < 1.29 is 0 Å². The molecule has 0 unspecified atom stereocenters. The van der Waals surface area contributed by atoms with E-state index in [4.69, 9.17) is 5.73 Å². The van der Waals surface area contributed by atoms with Crippen molar-refractivity contribution in [2.24, 2.45) is 5.73 Å². The molecule has 14 heavy (non-hydrogen) atoms. The van der Waals surface area contributed by atoms with Crippen LogP contribution in [0.5, 0.6) is 0 Å². The third-order valence-corrected chi connectivity index (χ3v) is 3.06. The minimum absolute atomic E-state index is 0.109. The van der Waals surface area contributed by atoms with Crippen LogP contribution in [0.3, 0.4) is 0 Å². The van der Waals surface area contributed by atoms with E-state index in [2.05, 4.69) is 0 Å². The summed E-state index contributed by atoms with van der Waals surface area (Å²) in [4.78, 5) is 11.9. The second-order valence-corrected chi connectivity index (χ2v) is 3.96. The summed E-state index contributed by atoms with van der Waals surface area (Å²) in [6.07, 6.45) is 3.51. The summed E-state index contributed by atoms with van der Waals surface area (Å²) < 4.78 is 1.91. The summed E-state index contributed by atoms with van der Waals surface area (Å²) in [5.41, 5.74) is 7.40. The van der Waals surface area contributed by atoms with Crippen molar-refractivity contribution in [2.75, 3.05) is 0 Å². The Morgan fingerprint density at radius 3 is 2.71 bits per heavy atom. The van der Waals surface area contributed by atoms with Gasteiger partial charge in [-0.3, -0.25) is 4.79 Å². The maximum absolute atomic E-state index is 11.9. The van der Waals surface area contributed by atoms with E-state index in [-0.39, 0.29) is 5.56 Å². The molecule has 76 valence electrons. The standard InChI is InChI=1S/C11H16N2O/c1-8-5-6-9(7-12)11(14)13(8)10-3-2-4-10/h5-6,10H,2-4,7,12H2,1H3. The van der Waals surface area contributed by atoms with Gasteiger partial charge in [0.25, 0.3) is 5.56 Å². The first-order valence-electron chi connectivity index (χ1n) is 5.15. The van der Waals surface area contributed by atoms with E-state index in [1.807, 2.05) is 23.6 Å². The number of nitrogens with two attached hydrogens (primary N) is 1. The van der Waals surface area contributed by atoms with Gasteiger partial charge in [-0.05, 0) is 32.3 Å². The highest BCUT2D eigenvalue weighted by molar-refractivity contribution is 5.16. The molecule has 2 N–H and O–H groups in total. The third-order valence-electron chi connectivity index (χ3n) is 3.06. The molecular weight excluding hydrogens is 176 g/mol. The quantitative estimate of drug-likeness (QED) is 0.768. The molecule has 0 atom stereocenters. The van der Waals surface area contributed by atoms with Crippen LogP contribution in [0, 0.1) is 6.92 Å². The van der Waals surface area contributed by atoms with Crippen molar-refractivity contribution in [1.82, 2.24) is 4.57 Å². The van der Waals surface area contributed by atoms with E-state index >= 15 is 0 Å². The highest BCUT2D eigenvalue weighted by atomic mass is 16.1. The average Bonchev–Trinajstić information content (AvgIpc) is 2.09. The van der Waals surface area contributed by atoms with Crippen molar-refractivity contribution in [1.29, 1.82) is 0 Å². The van der Waals surface area contributed by atoms with Gasteiger partial charge in [0, 0.05) is 23.8 Å². The highest BCUT2D eigenvalue weighted by Gasteiger charge is 2.22. The summed E-state index contributed by atoms with van der Waals surface area (Å²) >= 11 is 0. The molecule has 0 radical (unpaired) electrons. The average molecular weight is 192 g/mol. The Hall–Kier alpha value is -1.09. The first-order valence-corrected chi connectivity index (χ1v) is 5.15. The second kappa shape index (κ2) is 3.58. The van der Waals surface area contributed by atoms with Gasteiger partial charge in [-0.25, -0.2) is 0 Å². The van der Waals surface area contributed by atoms with Crippen molar-refractivity contribution in [3.63, 3.8) is 0 Å². The molecule has 3 heteroatoms. The molecule has 1 fully saturated rings. The molecular formula is C11H16N2O. The lowest BCUT2D eigenvalue weighted by atomic mass is 9.92. The first kappa shape index (κ1) is 9.46. The van der Waals surface area contributed by atoms with Crippen LogP contribution >= 0.6 is 0 Å². The summed E-state index contributed by atoms with van der Waals surface area (Å²) in [6, 6.07) is 4.25. The molecule has 1 saturated carbocycles. The molecule has 1 aliphatic rings. The van der Waals surface area contributed by atoms with E-state index in [9.17, 15) is 4.79 Å². The molecule has 1 aromatic rings. The Kier molecular flexibility index (Phi) is 2.42. The van der Waals surface area contributed by atoms with Crippen molar-refractivity contribution in [3.8, 4) is 0 Å². The molecule has 0 bridgehead atoms. The van der Waals surface area contributed by atoms with Crippen LogP contribution in [0.4, 0.5) is 0 Å². The number of hydrogen-bond donors (Lipinski definition) is 1. The zero-order chi connectivity index (χ0) is 10.1. The molecule has 0 aromatic carbocycles. The lowest BCUT2D eigenvalue weighted by Crippen LogP contribution is -2.33. The Bertz CT molecular complexity index is 391. The fraction of sp³-hybridized carbons (Fsp3) is 0.545. The van der Waals surface area contributed by atoms with Crippen LogP contribution in [0.15, 0.2) is 16.9 Å². The van der Waals surface area contributed by atoms with Crippen LogP contribution in [0.1, 0.15) is 36.6 Å². The molecule has 0 aliphatic heterocycles. The molecule has 1 heterocycles.